The Balaban J connectivity index is 1.84. The van der Waals surface area contributed by atoms with Gasteiger partial charge in [-0.15, -0.1) is 11.8 Å². The average Bonchev–Trinajstić information content (AvgIpc) is 3.03. The first-order valence-corrected chi connectivity index (χ1v) is 9.64. The number of carbonyl (C=O) groups excluding carboxylic acids is 2. The first-order chi connectivity index (χ1) is 13.0. The van der Waals surface area contributed by atoms with Crippen molar-refractivity contribution in [3.63, 3.8) is 0 Å². The zero-order valence-electron chi connectivity index (χ0n) is 15.6. The molecule has 7 heteroatoms. The molecule has 0 radical (unpaired) electrons. The van der Waals surface area contributed by atoms with E-state index in [0.29, 0.717) is 11.4 Å². The predicted octanol–water partition coefficient (Wildman–Crippen LogP) is 3.12. The molecule has 1 N–H and O–H groups in total. The number of methoxy groups -OCH3 is 1. The summed E-state index contributed by atoms with van der Waals surface area (Å²) in [7, 11) is 5.45. The molecule has 1 fully saturated rings. The number of benzene rings is 2. The van der Waals surface area contributed by atoms with Crippen LogP contribution in [0, 0.1) is 0 Å². The Morgan fingerprint density at radius 2 is 2.00 bits per heavy atom. The number of nitrogens with one attached hydrogen (secondary N) is 1. The average molecular weight is 385 g/mol. The fraction of sp³-hybridized carbons (Fsp3) is 0.300. The number of rotatable bonds is 6. The quantitative estimate of drug-likeness (QED) is 0.828. The van der Waals surface area contributed by atoms with Crippen molar-refractivity contribution in [3.8, 4) is 0 Å². The highest BCUT2D eigenvalue weighted by Crippen LogP contribution is 2.42. The molecule has 1 heterocycles. The fourth-order valence-electron chi connectivity index (χ4n) is 2.96. The Bertz CT molecular complexity index is 823. The van der Waals surface area contributed by atoms with Crippen LogP contribution in [0.25, 0.3) is 0 Å². The highest BCUT2D eigenvalue weighted by molar-refractivity contribution is 8.00. The summed E-state index contributed by atoms with van der Waals surface area (Å²) in [4.78, 5) is 28.1. The first kappa shape index (κ1) is 19.3. The van der Waals surface area contributed by atoms with Crippen molar-refractivity contribution in [3.05, 3.63) is 54.1 Å². The molecule has 27 heavy (non-hydrogen) atoms. The van der Waals surface area contributed by atoms with E-state index in [1.807, 2.05) is 72.4 Å². The van der Waals surface area contributed by atoms with E-state index in [-0.39, 0.29) is 23.8 Å². The summed E-state index contributed by atoms with van der Waals surface area (Å²) in [5.41, 5.74) is 3.61. The summed E-state index contributed by atoms with van der Waals surface area (Å²) in [6, 6.07) is 15.5. The van der Waals surface area contributed by atoms with Gasteiger partial charge >= 0.3 is 0 Å². The molecule has 0 aliphatic carbocycles. The summed E-state index contributed by atoms with van der Waals surface area (Å²) < 4.78 is 4.85. The third kappa shape index (κ3) is 4.43. The monoisotopic (exact) mass is 385 g/mol. The highest BCUT2D eigenvalue weighted by atomic mass is 32.2. The minimum Gasteiger partial charge on any atom is -0.378 e. The Kier molecular flexibility index (Phi) is 6.03. The van der Waals surface area contributed by atoms with Gasteiger partial charge in [-0.2, -0.15) is 0 Å². The van der Waals surface area contributed by atoms with E-state index in [9.17, 15) is 9.59 Å². The smallest absolute Gasteiger partial charge is 0.250 e. The van der Waals surface area contributed by atoms with Crippen LogP contribution in [-0.2, 0) is 14.3 Å². The summed E-state index contributed by atoms with van der Waals surface area (Å²) >= 11 is 1.58. The van der Waals surface area contributed by atoms with Gasteiger partial charge in [0, 0.05) is 38.3 Å². The van der Waals surface area contributed by atoms with Gasteiger partial charge in [-0.1, -0.05) is 12.1 Å². The third-order valence-corrected chi connectivity index (χ3v) is 5.46. The maximum Gasteiger partial charge on any atom is 0.250 e. The van der Waals surface area contributed by atoms with Crippen LogP contribution < -0.4 is 15.1 Å². The number of ether oxygens (including phenoxy) is 1. The zero-order chi connectivity index (χ0) is 19.4. The Hall–Kier alpha value is -2.51. The number of hydrogen-bond acceptors (Lipinski definition) is 5. The third-order valence-electron chi connectivity index (χ3n) is 4.24. The molecule has 1 saturated heterocycles. The van der Waals surface area contributed by atoms with E-state index in [4.69, 9.17) is 4.74 Å². The minimum atomic E-state index is -0.207. The second-order valence-electron chi connectivity index (χ2n) is 6.44. The molecule has 1 atom stereocenters. The second kappa shape index (κ2) is 8.45. The Labute approximate surface area is 163 Å². The fourth-order valence-corrected chi connectivity index (χ4v) is 4.13. The van der Waals surface area contributed by atoms with Crippen molar-refractivity contribution in [1.29, 1.82) is 0 Å². The molecule has 0 spiro atoms. The topological polar surface area (TPSA) is 61.9 Å². The normalized spacial score (nSPS) is 16.5. The maximum atomic E-state index is 12.5. The van der Waals surface area contributed by atoms with Gasteiger partial charge in [0.1, 0.15) is 12.0 Å². The van der Waals surface area contributed by atoms with Gasteiger partial charge in [0.25, 0.3) is 0 Å². The van der Waals surface area contributed by atoms with Crippen LogP contribution in [0.5, 0.6) is 0 Å². The summed E-state index contributed by atoms with van der Waals surface area (Å²) in [6.07, 6.45) is 0. The molecular weight excluding hydrogens is 362 g/mol. The van der Waals surface area contributed by atoms with Gasteiger partial charge in [0.05, 0.1) is 5.75 Å². The van der Waals surface area contributed by atoms with Crippen LogP contribution in [0.15, 0.2) is 48.5 Å². The zero-order valence-corrected chi connectivity index (χ0v) is 16.5. The Morgan fingerprint density at radius 1 is 1.26 bits per heavy atom. The molecule has 0 unspecified atom stereocenters. The number of hydrogen-bond donors (Lipinski definition) is 1. The highest BCUT2D eigenvalue weighted by Gasteiger charge is 2.34. The number of carbonyl (C=O) groups is 2. The van der Waals surface area contributed by atoms with E-state index in [1.165, 1.54) is 7.11 Å². The van der Waals surface area contributed by atoms with Gasteiger partial charge in [0.2, 0.25) is 11.8 Å². The molecule has 2 aromatic carbocycles. The molecule has 6 nitrogen and oxygen atoms in total. The van der Waals surface area contributed by atoms with Gasteiger partial charge in [-0.05, 0) is 42.0 Å². The van der Waals surface area contributed by atoms with Crippen molar-refractivity contribution < 1.29 is 14.3 Å². The van der Waals surface area contributed by atoms with Crippen LogP contribution in [-0.4, -0.2) is 45.4 Å². The van der Waals surface area contributed by atoms with E-state index in [0.717, 1.165) is 16.9 Å². The lowest BCUT2D eigenvalue weighted by molar-refractivity contribution is -0.119. The lowest BCUT2D eigenvalue weighted by Gasteiger charge is -2.25. The molecule has 0 bridgehead atoms. The van der Waals surface area contributed by atoms with Gasteiger partial charge in [0.15, 0.2) is 0 Å². The SMILES string of the molecule is COCC(=O)Nc1cccc([C@H]2SCC(=O)N2c2ccc(N(C)C)cc2)c1. The van der Waals surface area contributed by atoms with Crippen LogP contribution >= 0.6 is 11.8 Å². The Morgan fingerprint density at radius 3 is 2.67 bits per heavy atom. The molecule has 3 rings (SSSR count). The molecule has 1 aliphatic heterocycles. The molecule has 2 amide bonds. The molecule has 2 aromatic rings. The van der Waals surface area contributed by atoms with E-state index < -0.39 is 0 Å². The molecule has 142 valence electrons. The van der Waals surface area contributed by atoms with Crippen LogP contribution in [0.3, 0.4) is 0 Å². The van der Waals surface area contributed by atoms with Crippen molar-refractivity contribution in [2.45, 2.75) is 5.37 Å². The van der Waals surface area contributed by atoms with Crippen LogP contribution in [0.1, 0.15) is 10.9 Å². The molecule has 0 aromatic heterocycles. The summed E-state index contributed by atoms with van der Waals surface area (Å²) in [6.45, 7) is 0.00520. The van der Waals surface area contributed by atoms with E-state index >= 15 is 0 Å². The second-order valence-corrected chi connectivity index (χ2v) is 7.51. The van der Waals surface area contributed by atoms with Crippen molar-refractivity contribution in [1.82, 2.24) is 0 Å². The predicted molar refractivity (Wildman–Crippen MR) is 110 cm³/mol. The lowest BCUT2D eigenvalue weighted by Crippen LogP contribution is -2.28. The number of amides is 2. The van der Waals surface area contributed by atoms with Crippen molar-refractivity contribution >= 4 is 40.6 Å². The van der Waals surface area contributed by atoms with E-state index in [1.54, 1.807) is 11.8 Å². The number of anilines is 3. The van der Waals surface area contributed by atoms with Gasteiger partial charge in [-0.3, -0.25) is 14.5 Å². The molecule has 0 saturated carbocycles. The van der Waals surface area contributed by atoms with Gasteiger partial charge < -0.3 is 15.0 Å². The maximum absolute atomic E-state index is 12.5. The standard InChI is InChI=1S/C20H23N3O3S/c1-22(2)16-7-9-17(10-8-16)23-19(25)13-27-20(23)14-5-4-6-15(11-14)21-18(24)12-26-3/h4-11,20H,12-13H2,1-3H3,(H,21,24)/t20-/m1/s1. The number of nitrogens with zero attached hydrogens (tertiary/aromatic N) is 2. The van der Waals surface area contributed by atoms with Crippen LogP contribution in [0.2, 0.25) is 0 Å². The molecular formula is C20H23N3O3S. The summed E-state index contributed by atoms with van der Waals surface area (Å²) in [5, 5.41) is 2.69. The van der Waals surface area contributed by atoms with Crippen molar-refractivity contribution in [2.75, 3.05) is 48.7 Å². The van der Waals surface area contributed by atoms with Crippen molar-refractivity contribution in [2.24, 2.45) is 0 Å². The van der Waals surface area contributed by atoms with Gasteiger partial charge in [-0.25, -0.2) is 0 Å². The molecule has 1 aliphatic rings. The lowest BCUT2D eigenvalue weighted by atomic mass is 10.1. The first-order valence-electron chi connectivity index (χ1n) is 8.59. The van der Waals surface area contributed by atoms with E-state index in [2.05, 4.69) is 5.32 Å². The summed E-state index contributed by atoms with van der Waals surface area (Å²) in [5.74, 6) is 0.303. The minimum absolute atomic E-state index is 0.00520. The van der Waals surface area contributed by atoms with Crippen LogP contribution in [0.4, 0.5) is 17.1 Å². The largest absolute Gasteiger partial charge is 0.378 e. The number of thioether (sulfide) groups is 1.